The minimum atomic E-state index is -4.79. The number of amides is 1. The van der Waals surface area contributed by atoms with E-state index >= 15 is 0 Å². The number of hydroxylamine groups is 2. The molecule has 7 heteroatoms. The molecule has 0 saturated carbocycles. The first-order valence-electron chi connectivity index (χ1n) is 6.27. The van der Waals surface area contributed by atoms with Crippen molar-refractivity contribution in [3.05, 3.63) is 35.9 Å². The summed E-state index contributed by atoms with van der Waals surface area (Å²) in [6.45, 7) is 5.22. The molecule has 1 amide bonds. The quantitative estimate of drug-likeness (QED) is 0.622. The second-order valence-corrected chi connectivity index (χ2v) is 6.28. The molecule has 0 fully saturated rings. The SMILES string of the molecule is CCC(C)(C)C(=O)N(Cc1ccccc1)OP(=O)(O)O. The van der Waals surface area contributed by atoms with Crippen LogP contribution in [0.1, 0.15) is 32.8 Å². The van der Waals surface area contributed by atoms with Crippen LogP contribution < -0.4 is 0 Å². The third-order valence-corrected chi connectivity index (χ3v) is 3.47. The van der Waals surface area contributed by atoms with Gasteiger partial charge in [0.2, 0.25) is 0 Å². The standard InChI is InChI=1S/C13H20NO5P/c1-4-13(2,3)12(15)14(19-20(16,17)18)10-11-8-6-5-7-9-11/h5-9H,4,10H2,1-3H3,(H2,16,17,18). The summed E-state index contributed by atoms with van der Waals surface area (Å²) in [7, 11) is -4.79. The second-order valence-electron chi connectivity index (χ2n) is 5.14. The molecule has 0 aliphatic rings. The van der Waals surface area contributed by atoms with E-state index in [9.17, 15) is 9.36 Å². The summed E-state index contributed by atoms with van der Waals surface area (Å²) >= 11 is 0. The zero-order valence-corrected chi connectivity index (χ0v) is 12.7. The molecule has 0 unspecified atom stereocenters. The van der Waals surface area contributed by atoms with Crippen molar-refractivity contribution < 1.29 is 23.8 Å². The molecule has 112 valence electrons. The van der Waals surface area contributed by atoms with Crippen LogP contribution >= 0.6 is 7.82 Å². The van der Waals surface area contributed by atoms with E-state index in [0.717, 1.165) is 10.6 Å². The molecule has 1 aromatic carbocycles. The van der Waals surface area contributed by atoms with Crippen molar-refractivity contribution in [2.45, 2.75) is 33.7 Å². The van der Waals surface area contributed by atoms with E-state index in [2.05, 4.69) is 4.62 Å². The predicted octanol–water partition coefficient (Wildman–Crippen LogP) is 2.48. The van der Waals surface area contributed by atoms with Gasteiger partial charge in [0, 0.05) is 5.41 Å². The first-order valence-corrected chi connectivity index (χ1v) is 7.80. The third kappa shape index (κ3) is 5.06. The topological polar surface area (TPSA) is 87.1 Å². The normalized spacial score (nSPS) is 12.2. The van der Waals surface area contributed by atoms with E-state index in [1.807, 2.05) is 13.0 Å². The highest BCUT2D eigenvalue weighted by Crippen LogP contribution is 2.39. The lowest BCUT2D eigenvalue weighted by Gasteiger charge is -2.30. The van der Waals surface area contributed by atoms with Gasteiger partial charge in [-0.1, -0.05) is 51.1 Å². The van der Waals surface area contributed by atoms with Crippen molar-refractivity contribution in [3.8, 4) is 0 Å². The highest BCUT2D eigenvalue weighted by molar-refractivity contribution is 7.46. The molecule has 1 rings (SSSR count). The predicted molar refractivity (Wildman–Crippen MR) is 74.2 cm³/mol. The molecule has 6 nitrogen and oxygen atoms in total. The number of carbonyl (C=O) groups excluding carboxylic acids is 1. The van der Waals surface area contributed by atoms with Gasteiger partial charge in [-0.15, -0.1) is 0 Å². The van der Waals surface area contributed by atoms with Crippen molar-refractivity contribution >= 4 is 13.7 Å². The van der Waals surface area contributed by atoms with Gasteiger partial charge in [0.25, 0.3) is 5.91 Å². The number of benzene rings is 1. The lowest BCUT2D eigenvalue weighted by Crippen LogP contribution is -2.39. The van der Waals surface area contributed by atoms with Crippen LogP contribution in [-0.2, 0) is 20.5 Å². The van der Waals surface area contributed by atoms with E-state index in [0.29, 0.717) is 6.42 Å². The molecule has 0 aromatic heterocycles. The van der Waals surface area contributed by atoms with Crippen LogP contribution in [0.3, 0.4) is 0 Å². The zero-order valence-electron chi connectivity index (χ0n) is 11.8. The van der Waals surface area contributed by atoms with E-state index in [-0.39, 0.29) is 6.54 Å². The minimum absolute atomic E-state index is 0.0196. The molecule has 20 heavy (non-hydrogen) atoms. The number of carbonyl (C=O) groups is 1. The fraction of sp³-hybridized carbons (Fsp3) is 0.462. The summed E-state index contributed by atoms with van der Waals surface area (Å²) in [6.07, 6.45) is 0.529. The average molecular weight is 301 g/mol. The molecule has 0 aliphatic carbocycles. The Morgan fingerprint density at radius 3 is 2.30 bits per heavy atom. The molecule has 0 atom stereocenters. The molecule has 0 bridgehead atoms. The summed E-state index contributed by atoms with van der Waals surface area (Å²) in [5.74, 6) is -0.466. The highest BCUT2D eigenvalue weighted by Gasteiger charge is 2.34. The van der Waals surface area contributed by atoms with Gasteiger partial charge in [-0.3, -0.25) is 4.79 Å². The van der Waals surface area contributed by atoms with Crippen molar-refractivity contribution in [3.63, 3.8) is 0 Å². The molecule has 0 radical (unpaired) electrons. The molecule has 0 heterocycles. The Labute approximate surface area is 118 Å². The van der Waals surface area contributed by atoms with Gasteiger partial charge in [-0.05, 0) is 12.0 Å². The average Bonchev–Trinajstić information content (AvgIpc) is 2.36. The lowest BCUT2D eigenvalue weighted by atomic mass is 9.89. The number of hydrogen-bond acceptors (Lipinski definition) is 3. The maximum Gasteiger partial charge on any atom is 0.491 e. The van der Waals surface area contributed by atoms with Crippen LogP contribution in [0.15, 0.2) is 30.3 Å². The minimum Gasteiger partial charge on any atom is -0.301 e. The first kappa shape index (κ1) is 16.9. The Morgan fingerprint density at radius 1 is 1.30 bits per heavy atom. The molecule has 2 N–H and O–H groups in total. The summed E-state index contributed by atoms with van der Waals surface area (Å²) in [4.78, 5) is 30.2. The van der Waals surface area contributed by atoms with Gasteiger partial charge in [0.1, 0.15) is 0 Å². The number of nitrogens with zero attached hydrogens (tertiary/aromatic N) is 1. The fourth-order valence-corrected chi connectivity index (χ4v) is 1.89. The molecule has 1 aromatic rings. The lowest BCUT2D eigenvalue weighted by molar-refractivity contribution is -0.174. The van der Waals surface area contributed by atoms with E-state index in [1.165, 1.54) is 0 Å². The van der Waals surface area contributed by atoms with Crippen LogP contribution in [0.25, 0.3) is 0 Å². The van der Waals surface area contributed by atoms with Crippen molar-refractivity contribution in [1.29, 1.82) is 0 Å². The maximum absolute atomic E-state index is 12.3. The highest BCUT2D eigenvalue weighted by atomic mass is 31.2. The van der Waals surface area contributed by atoms with Crippen LogP contribution in [0, 0.1) is 5.41 Å². The van der Waals surface area contributed by atoms with Crippen LogP contribution in [0.4, 0.5) is 0 Å². The monoisotopic (exact) mass is 301 g/mol. The molecular formula is C13H20NO5P. The first-order chi connectivity index (χ1) is 9.15. The smallest absolute Gasteiger partial charge is 0.301 e. The van der Waals surface area contributed by atoms with Crippen molar-refractivity contribution in [2.75, 3.05) is 0 Å². The largest absolute Gasteiger partial charge is 0.491 e. The van der Waals surface area contributed by atoms with Crippen LogP contribution in [0.2, 0.25) is 0 Å². The summed E-state index contributed by atoms with van der Waals surface area (Å²) in [5.41, 5.74) is -0.0366. The summed E-state index contributed by atoms with van der Waals surface area (Å²) in [5, 5.41) is 0.750. The Balaban J connectivity index is 2.97. The summed E-state index contributed by atoms with van der Waals surface area (Å²) < 4.78 is 15.6. The Hall–Kier alpha value is -1.20. The van der Waals surface area contributed by atoms with Gasteiger partial charge in [0.05, 0.1) is 6.54 Å². The Kier molecular flexibility index (Phi) is 5.48. The number of phosphoric acid groups is 1. The molecular weight excluding hydrogens is 281 g/mol. The van der Waals surface area contributed by atoms with Crippen LogP contribution in [-0.4, -0.2) is 20.8 Å². The van der Waals surface area contributed by atoms with Crippen molar-refractivity contribution in [2.24, 2.45) is 5.41 Å². The van der Waals surface area contributed by atoms with Gasteiger partial charge >= 0.3 is 7.82 Å². The van der Waals surface area contributed by atoms with Gasteiger partial charge in [-0.2, -0.15) is 4.62 Å². The third-order valence-electron chi connectivity index (χ3n) is 3.06. The van der Waals surface area contributed by atoms with Gasteiger partial charge in [0.15, 0.2) is 0 Å². The second kappa shape index (κ2) is 6.50. The fourth-order valence-electron chi connectivity index (χ4n) is 1.50. The summed E-state index contributed by atoms with van der Waals surface area (Å²) in [6, 6.07) is 8.88. The van der Waals surface area contributed by atoms with Crippen LogP contribution in [0.5, 0.6) is 0 Å². The zero-order chi connectivity index (χ0) is 15.4. The number of rotatable bonds is 6. The number of hydrogen-bond donors (Lipinski definition) is 2. The van der Waals surface area contributed by atoms with E-state index < -0.39 is 19.1 Å². The van der Waals surface area contributed by atoms with Gasteiger partial charge < -0.3 is 9.79 Å². The van der Waals surface area contributed by atoms with Crippen molar-refractivity contribution in [1.82, 2.24) is 5.06 Å². The molecule has 0 saturated heterocycles. The molecule has 0 aliphatic heterocycles. The van der Waals surface area contributed by atoms with E-state index in [1.54, 1.807) is 38.1 Å². The van der Waals surface area contributed by atoms with E-state index in [4.69, 9.17) is 9.79 Å². The maximum atomic E-state index is 12.3. The molecule has 0 spiro atoms. The Bertz CT molecular complexity index is 497. The Morgan fingerprint density at radius 2 is 1.85 bits per heavy atom. The van der Waals surface area contributed by atoms with Gasteiger partial charge in [-0.25, -0.2) is 9.63 Å².